The van der Waals surface area contributed by atoms with Gasteiger partial charge in [0.15, 0.2) is 0 Å². The van der Waals surface area contributed by atoms with Crippen molar-refractivity contribution in [1.82, 2.24) is 0 Å². The predicted molar refractivity (Wildman–Crippen MR) is 87.3 cm³/mol. The van der Waals surface area contributed by atoms with Gasteiger partial charge in [-0.05, 0) is 32.1 Å². The van der Waals surface area contributed by atoms with Crippen LogP contribution >= 0.6 is 0 Å². The maximum Gasteiger partial charge on any atom is 0.370 e. The molecule has 1 rings (SSSR count). The lowest BCUT2D eigenvalue weighted by Gasteiger charge is -2.01. The molecule has 0 spiro atoms. The molecule has 0 aliphatic carbocycles. The van der Waals surface area contributed by atoms with E-state index in [4.69, 9.17) is 5.11 Å². The van der Waals surface area contributed by atoms with E-state index in [2.05, 4.69) is 41.0 Å². The highest BCUT2D eigenvalue weighted by molar-refractivity contribution is 5.76. The molecule has 1 fully saturated rings. The van der Waals surface area contributed by atoms with Crippen molar-refractivity contribution in [2.45, 2.75) is 83.3 Å². The first-order chi connectivity index (χ1) is 10.7. The second-order valence-corrected chi connectivity index (χ2v) is 5.88. The van der Waals surface area contributed by atoms with Crippen molar-refractivity contribution in [2.75, 3.05) is 0 Å². The zero-order valence-corrected chi connectivity index (χ0v) is 13.8. The number of aliphatic carboxylic acids is 1. The standard InChI is InChI=1S/C18H30O4/c1-2-3-4-5-6-7-8-9-10-11-12-13-14-15-16-18(17(19)20)21-22-18/h7-10H,2-6,11-16H2,1H3,(H,19,20)/b8-7+,10-9+. The summed E-state index contributed by atoms with van der Waals surface area (Å²) in [6, 6.07) is 0. The van der Waals surface area contributed by atoms with Gasteiger partial charge in [0, 0.05) is 6.42 Å². The highest BCUT2D eigenvalue weighted by Crippen LogP contribution is 2.35. The lowest BCUT2D eigenvalue weighted by atomic mass is 10.1. The largest absolute Gasteiger partial charge is 0.477 e. The van der Waals surface area contributed by atoms with Gasteiger partial charge in [0.2, 0.25) is 0 Å². The molecule has 1 aliphatic heterocycles. The first-order valence-corrected chi connectivity index (χ1v) is 8.63. The van der Waals surface area contributed by atoms with Crippen molar-refractivity contribution in [3.63, 3.8) is 0 Å². The molecule has 0 bridgehead atoms. The summed E-state index contributed by atoms with van der Waals surface area (Å²) in [5, 5.41) is 8.84. The Kier molecular flexibility index (Phi) is 9.84. The van der Waals surface area contributed by atoms with Crippen LogP contribution in [0.4, 0.5) is 0 Å². The van der Waals surface area contributed by atoms with Crippen LogP contribution < -0.4 is 0 Å². The van der Waals surface area contributed by atoms with Crippen LogP contribution in [0.1, 0.15) is 77.6 Å². The number of unbranched alkanes of at least 4 members (excludes halogenated alkanes) is 8. The van der Waals surface area contributed by atoms with Crippen LogP contribution in [0.3, 0.4) is 0 Å². The van der Waals surface area contributed by atoms with Gasteiger partial charge in [-0.3, -0.25) is 0 Å². The summed E-state index contributed by atoms with van der Waals surface area (Å²) in [6.45, 7) is 2.23. The quantitative estimate of drug-likeness (QED) is 0.208. The Morgan fingerprint density at radius 1 is 0.909 bits per heavy atom. The topological polar surface area (TPSA) is 62.4 Å². The Morgan fingerprint density at radius 3 is 1.95 bits per heavy atom. The van der Waals surface area contributed by atoms with E-state index in [0.717, 1.165) is 32.1 Å². The molecule has 1 saturated heterocycles. The van der Waals surface area contributed by atoms with E-state index >= 15 is 0 Å². The molecule has 0 amide bonds. The maximum absolute atomic E-state index is 10.8. The minimum Gasteiger partial charge on any atom is -0.477 e. The molecule has 0 aromatic rings. The molecule has 1 heterocycles. The summed E-state index contributed by atoms with van der Waals surface area (Å²) in [7, 11) is 0. The van der Waals surface area contributed by atoms with E-state index in [9.17, 15) is 4.79 Å². The van der Waals surface area contributed by atoms with Gasteiger partial charge in [-0.2, -0.15) is 9.78 Å². The number of hydrogen-bond donors (Lipinski definition) is 1. The van der Waals surface area contributed by atoms with Crippen molar-refractivity contribution in [3.8, 4) is 0 Å². The van der Waals surface area contributed by atoms with Gasteiger partial charge >= 0.3 is 11.8 Å². The maximum atomic E-state index is 10.8. The molecular weight excluding hydrogens is 280 g/mol. The second-order valence-electron chi connectivity index (χ2n) is 5.88. The highest BCUT2D eigenvalue weighted by atomic mass is 17.4. The molecule has 0 aromatic heterocycles. The highest BCUT2D eigenvalue weighted by Gasteiger charge is 2.56. The molecule has 0 radical (unpaired) electrons. The van der Waals surface area contributed by atoms with Gasteiger partial charge in [-0.15, -0.1) is 0 Å². The fraction of sp³-hybridized carbons (Fsp3) is 0.722. The summed E-state index contributed by atoms with van der Waals surface area (Å²) in [6.07, 6.45) is 20.8. The number of carbonyl (C=O) groups is 1. The molecule has 126 valence electrons. The molecule has 22 heavy (non-hydrogen) atoms. The Hall–Kier alpha value is -1.13. The SMILES string of the molecule is CCCCCC/C=C/C=C/CCCCCCC1(C(=O)O)OO1. The van der Waals surface area contributed by atoms with Gasteiger partial charge < -0.3 is 5.11 Å². The average molecular weight is 310 g/mol. The number of rotatable bonds is 14. The number of hydrogen-bond acceptors (Lipinski definition) is 3. The molecule has 1 aliphatic rings. The van der Waals surface area contributed by atoms with Crippen molar-refractivity contribution in [3.05, 3.63) is 24.3 Å². The van der Waals surface area contributed by atoms with Crippen LogP contribution in [0.25, 0.3) is 0 Å². The van der Waals surface area contributed by atoms with Crippen LogP contribution in [-0.2, 0) is 14.6 Å². The zero-order chi connectivity index (χ0) is 16.1. The first kappa shape index (κ1) is 18.9. The third-order valence-electron chi connectivity index (χ3n) is 3.84. The third-order valence-corrected chi connectivity index (χ3v) is 3.84. The van der Waals surface area contributed by atoms with Crippen molar-refractivity contribution in [2.24, 2.45) is 0 Å². The van der Waals surface area contributed by atoms with Crippen LogP contribution in [0.15, 0.2) is 24.3 Å². The molecule has 0 atom stereocenters. The van der Waals surface area contributed by atoms with E-state index in [0.29, 0.717) is 6.42 Å². The molecule has 4 nitrogen and oxygen atoms in total. The summed E-state index contributed by atoms with van der Waals surface area (Å²) >= 11 is 0. The van der Waals surface area contributed by atoms with Crippen molar-refractivity contribution >= 4 is 5.97 Å². The lowest BCUT2D eigenvalue weighted by Crippen LogP contribution is -2.23. The monoisotopic (exact) mass is 310 g/mol. The first-order valence-electron chi connectivity index (χ1n) is 8.63. The summed E-state index contributed by atoms with van der Waals surface area (Å²) in [5.41, 5.74) is 0. The Labute approximate surface area is 134 Å². The predicted octanol–water partition coefficient (Wildman–Crippen LogP) is 5.15. The van der Waals surface area contributed by atoms with E-state index in [1.807, 2.05) is 0 Å². The van der Waals surface area contributed by atoms with Gasteiger partial charge in [-0.25, -0.2) is 4.79 Å². The summed E-state index contributed by atoms with van der Waals surface area (Å²) < 4.78 is 0. The molecule has 0 saturated carbocycles. The molecule has 1 N–H and O–H groups in total. The summed E-state index contributed by atoms with van der Waals surface area (Å²) in [4.78, 5) is 19.9. The fourth-order valence-electron chi connectivity index (χ4n) is 2.32. The number of carboxylic acid groups (broad SMARTS) is 1. The molecular formula is C18H30O4. The smallest absolute Gasteiger partial charge is 0.370 e. The van der Waals surface area contributed by atoms with Crippen LogP contribution in [0, 0.1) is 0 Å². The normalized spacial score (nSPS) is 16.6. The van der Waals surface area contributed by atoms with Crippen LogP contribution in [0.2, 0.25) is 0 Å². The lowest BCUT2D eigenvalue weighted by molar-refractivity contribution is -0.144. The molecule has 4 heteroatoms. The summed E-state index contributed by atoms with van der Waals surface area (Å²) in [5.74, 6) is -2.33. The number of carboxylic acids is 1. The van der Waals surface area contributed by atoms with Gasteiger partial charge in [0.05, 0.1) is 0 Å². The Bertz CT molecular complexity index is 356. The van der Waals surface area contributed by atoms with E-state index < -0.39 is 11.8 Å². The van der Waals surface area contributed by atoms with Gasteiger partial charge in [-0.1, -0.05) is 63.3 Å². The fourth-order valence-corrected chi connectivity index (χ4v) is 2.32. The van der Waals surface area contributed by atoms with Crippen molar-refractivity contribution < 1.29 is 19.7 Å². The van der Waals surface area contributed by atoms with Crippen LogP contribution in [-0.4, -0.2) is 16.9 Å². The number of allylic oxidation sites excluding steroid dienone is 4. The van der Waals surface area contributed by atoms with E-state index in [1.165, 1.54) is 32.1 Å². The van der Waals surface area contributed by atoms with Gasteiger partial charge in [0.1, 0.15) is 0 Å². The average Bonchev–Trinajstić information content (AvgIpc) is 3.29. The minimum absolute atomic E-state index is 0.443. The minimum atomic E-state index is -1.32. The Balaban J connectivity index is 1.86. The molecule has 0 unspecified atom stereocenters. The van der Waals surface area contributed by atoms with E-state index in [-0.39, 0.29) is 0 Å². The van der Waals surface area contributed by atoms with Crippen LogP contribution in [0.5, 0.6) is 0 Å². The zero-order valence-electron chi connectivity index (χ0n) is 13.8. The third kappa shape index (κ3) is 8.35. The van der Waals surface area contributed by atoms with E-state index in [1.54, 1.807) is 0 Å². The Morgan fingerprint density at radius 2 is 1.45 bits per heavy atom. The van der Waals surface area contributed by atoms with Gasteiger partial charge in [0.25, 0.3) is 0 Å². The van der Waals surface area contributed by atoms with Crippen molar-refractivity contribution in [1.29, 1.82) is 0 Å². The molecule has 0 aromatic carbocycles. The second kappa shape index (κ2) is 11.4.